The maximum absolute atomic E-state index is 13.3. The highest BCUT2D eigenvalue weighted by atomic mass is 32.1. The Morgan fingerprint density at radius 2 is 1.88 bits per heavy atom. The number of halogens is 1. The summed E-state index contributed by atoms with van der Waals surface area (Å²) < 4.78 is 24.2. The highest BCUT2D eigenvalue weighted by Gasteiger charge is 2.34. The summed E-state index contributed by atoms with van der Waals surface area (Å²) in [6.45, 7) is 0. The van der Waals surface area contributed by atoms with Crippen LogP contribution in [0.5, 0.6) is 5.75 Å². The van der Waals surface area contributed by atoms with Gasteiger partial charge in [0.25, 0.3) is 17.5 Å². The van der Waals surface area contributed by atoms with Gasteiger partial charge in [0.2, 0.25) is 0 Å². The molecular formula is C22H14FN3O6S. The van der Waals surface area contributed by atoms with E-state index in [4.69, 9.17) is 21.4 Å². The first kappa shape index (κ1) is 21.8. The molecule has 0 aliphatic carbocycles. The maximum atomic E-state index is 13.3. The first-order valence-electron chi connectivity index (χ1n) is 9.38. The smallest absolute Gasteiger partial charge is 0.273 e. The number of amides is 2. The number of carbonyl (C=O) groups is 2. The van der Waals surface area contributed by atoms with E-state index in [1.807, 2.05) is 0 Å². The molecule has 2 amide bonds. The number of nitrogens with zero attached hydrogens (tertiary/aromatic N) is 2. The molecule has 1 aliphatic rings. The molecule has 2 heterocycles. The number of furan rings is 1. The molecular weight excluding hydrogens is 453 g/mol. The fourth-order valence-electron chi connectivity index (χ4n) is 3.20. The second kappa shape index (κ2) is 8.63. The number of nitro benzene ring substituents is 1. The summed E-state index contributed by atoms with van der Waals surface area (Å²) in [6.07, 6.45) is 1.25. The Hall–Kier alpha value is -4.38. The van der Waals surface area contributed by atoms with E-state index in [1.165, 1.54) is 61.7 Å². The Bertz CT molecular complexity index is 1330. The summed E-state index contributed by atoms with van der Waals surface area (Å²) >= 11 is 5.11. The van der Waals surface area contributed by atoms with Gasteiger partial charge < -0.3 is 9.15 Å². The lowest BCUT2D eigenvalue weighted by molar-refractivity contribution is -0.384. The summed E-state index contributed by atoms with van der Waals surface area (Å²) in [7, 11) is 1.37. The van der Waals surface area contributed by atoms with Crippen molar-refractivity contribution in [2.24, 2.45) is 0 Å². The molecule has 0 saturated carbocycles. The summed E-state index contributed by atoms with van der Waals surface area (Å²) in [5.74, 6) is -1.20. The van der Waals surface area contributed by atoms with Gasteiger partial charge in [-0.25, -0.2) is 4.39 Å². The van der Waals surface area contributed by atoms with Crippen LogP contribution in [-0.4, -0.2) is 29.0 Å². The molecule has 1 N–H and O–H groups in total. The number of hydrogen-bond acceptors (Lipinski definition) is 7. The summed E-state index contributed by atoms with van der Waals surface area (Å²) in [5.41, 5.74) is 0.338. The van der Waals surface area contributed by atoms with E-state index in [1.54, 1.807) is 6.07 Å². The Kier molecular flexibility index (Phi) is 5.71. The predicted octanol–water partition coefficient (Wildman–Crippen LogP) is 3.83. The van der Waals surface area contributed by atoms with Crippen LogP contribution in [0.4, 0.5) is 15.8 Å². The zero-order valence-corrected chi connectivity index (χ0v) is 17.7. The first-order valence-corrected chi connectivity index (χ1v) is 9.79. The van der Waals surface area contributed by atoms with Crippen molar-refractivity contribution in [3.8, 4) is 17.1 Å². The predicted molar refractivity (Wildman–Crippen MR) is 120 cm³/mol. The minimum Gasteiger partial charge on any atom is -0.496 e. The van der Waals surface area contributed by atoms with E-state index in [9.17, 15) is 24.1 Å². The number of nitro groups is 1. The maximum Gasteiger partial charge on any atom is 0.273 e. The van der Waals surface area contributed by atoms with Crippen LogP contribution in [0, 0.1) is 15.9 Å². The highest BCUT2D eigenvalue weighted by molar-refractivity contribution is 7.80. The summed E-state index contributed by atoms with van der Waals surface area (Å²) in [4.78, 5) is 37.0. The molecule has 1 saturated heterocycles. The minimum atomic E-state index is -0.714. The molecule has 0 bridgehead atoms. The molecule has 4 rings (SSSR count). The van der Waals surface area contributed by atoms with Crippen LogP contribution >= 0.6 is 12.2 Å². The van der Waals surface area contributed by atoms with Crippen molar-refractivity contribution >= 4 is 46.6 Å². The molecule has 1 aliphatic heterocycles. The molecule has 33 heavy (non-hydrogen) atoms. The number of hydrogen-bond donors (Lipinski definition) is 1. The average Bonchev–Trinajstić information content (AvgIpc) is 3.25. The van der Waals surface area contributed by atoms with Crippen molar-refractivity contribution < 1.29 is 28.1 Å². The number of thiocarbonyl (C=S) groups is 1. The zero-order valence-electron chi connectivity index (χ0n) is 16.9. The SMILES string of the molecule is COc1cc([N+](=O)[O-])ccc1-c1ccc(C=C2C(=O)NC(=S)N(c3ccc(F)cc3)C2=O)o1. The van der Waals surface area contributed by atoms with Crippen molar-refractivity contribution in [3.63, 3.8) is 0 Å². The Morgan fingerprint density at radius 1 is 1.15 bits per heavy atom. The highest BCUT2D eigenvalue weighted by Crippen LogP contribution is 2.34. The van der Waals surface area contributed by atoms with Crippen LogP contribution in [0.15, 0.2) is 64.6 Å². The second-order valence-electron chi connectivity index (χ2n) is 6.78. The second-order valence-corrected chi connectivity index (χ2v) is 7.16. The van der Waals surface area contributed by atoms with Gasteiger partial charge in [-0.15, -0.1) is 0 Å². The molecule has 166 valence electrons. The number of non-ortho nitro benzene ring substituents is 1. The summed E-state index contributed by atoms with van der Waals surface area (Å²) in [6, 6.07) is 12.2. The van der Waals surface area contributed by atoms with Crippen molar-refractivity contribution in [2.45, 2.75) is 0 Å². The monoisotopic (exact) mass is 467 g/mol. The number of benzene rings is 2. The van der Waals surface area contributed by atoms with Crippen LogP contribution in [0.2, 0.25) is 0 Å². The van der Waals surface area contributed by atoms with E-state index in [-0.39, 0.29) is 33.6 Å². The Labute approximate surface area is 191 Å². The molecule has 1 fully saturated rings. The number of ether oxygens (including phenoxy) is 1. The average molecular weight is 467 g/mol. The molecule has 0 radical (unpaired) electrons. The number of methoxy groups -OCH3 is 1. The van der Waals surface area contributed by atoms with Crippen molar-refractivity contribution in [1.82, 2.24) is 5.32 Å². The third-order valence-electron chi connectivity index (χ3n) is 4.76. The fourth-order valence-corrected chi connectivity index (χ4v) is 3.48. The van der Waals surface area contributed by atoms with Crippen LogP contribution in [0.3, 0.4) is 0 Å². The molecule has 0 atom stereocenters. The lowest BCUT2D eigenvalue weighted by Crippen LogP contribution is -2.54. The van der Waals surface area contributed by atoms with Gasteiger partial charge in [-0.1, -0.05) is 0 Å². The molecule has 2 aromatic carbocycles. The number of carbonyl (C=O) groups excluding carboxylic acids is 2. The molecule has 9 nitrogen and oxygen atoms in total. The van der Waals surface area contributed by atoms with Gasteiger partial charge in [-0.05, 0) is 60.8 Å². The van der Waals surface area contributed by atoms with Gasteiger partial charge >= 0.3 is 0 Å². The lowest BCUT2D eigenvalue weighted by Gasteiger charge is -2.28. The standard InChI is InChI=1S/C22H14FN3O6S/c1-31-19-10-14(26(29)30)6-8-16(19)18-9-7-15(32-18)11-17-20(27)24-22(33)25(21(17)28)13-4-2-12(23)3-5-13/h2-11H,1H3,(H,24,27,33). The van der Waals surface area contributed by atoms with E-state index in [0.29, 0.717) is 11.3 Å². The Morgan fingerprint density at radius 3 is 2.55 bits per heavy atom. The topological polar surface area (TPSA) is 115 Å². The minimum absolute atomic E-state index is 0.135. The van der Waals surface area contributed by atoms with Gasteiger partial charge in [0.1, 0.15) is 28.7 Å². The Balaban J connectivity index is 1.67. The molecule has 1 aromatic heterocycles. The molecule has 11 heteroatoms. The third-order valence-corrected chi connectivity index (χ3v) is 5.05. The van der Waals surface area contributed by atoms with Crippen molar-refractivity contribution in [2.75, 3.05) is 12.0 Å². The van der Waals surface area contributed by atoms with E-state index < -0.39 is 22.6 Å². The molecule has 0 spiro atoms. The third kappa shape index (κ3) is 4.21. The van der Waals surface area contributed by atoms with E-state index in [0.717, 1.165) is 4.90 Å². The van der Waals surface area contributed by atoms with Crippen LogP contribution in [0.1, 0.15) is 5.76 Å². The largest absolute Gasteiger partial charge is 0.496 e. The number of rotatable bonds is 5. The number of anilines is 1. The van der Waals surface area contributed by atoms with Crippen LogP contribution < -0.4 is 15.0 Å². The van der Waals surface area contributed by atoms with Gasteiger partial charge in [0.05, 0.1) is 29.4 Å². The van der Waals surface area contributed by atoms with E-state index in [2.05, 4.69) is 5.32 Å². The van der Waals surface area contributed by atoms with Crippen molar-refractivity contribution in [1.29, 1.82) is 0 Å². The van der Waals surface area contributed by atoms with Gasteiger partial charge in [-0.2, -0.15) is 0 Å². The quantitative estimate of drug-likeness (QED) is 0.199. The van der Waals surface area contributed by atoms with Gasteiger partial charge in [0.15, 0.2) is 5.11 Å². The summed E-state index contributed by atoms with van der Waals surface area (Å²) in [5, 5.41) is 13.3. The zero-order chi connectivity index (χ0) is 23.7. The van der Waals surface area contributed by atoms with Crippen LogP contribution in [-0.2, 0) is 9.59 Å². The van der Waals surface area contributed by atoms with Gasteiger partial charge in [-0.3, -0.25) is 29.9 Å². The lowest BCUT2D eigenvalue weighted by atomic mass is 10.1. The van der Waals surface area contributed by atoms with Crippen LogP contribution in [0.25, 0.3) is 17.4 Å². The fraction of sp³-hybridized carbons (Fsp3) is 0.0455. The van der Waals surface area contributed by atoms with Crippen molar-refractivity contribution in [3.05, 3.63) is 81.9 Å². The first-order chi connectivity index (χ1) is 15.8. The van der Waals surface area contributed by atoms with E-state index >= 15 is 0 Å². The molecule has 3 aromatic rings. The normalized spacial score (nSPS) is 15.0. The van der Waals surface area contributed by atoms with Gasteiger partial charge in [0, 0.05) is 6.07 Å². The molecule has 0 unspecified atom stereocenters. The number of nitrogens with one attached hydrogen (secondary N) is 1.